The maximum Gasteiger partial charge on any atom is 0.0912 e. The normalized spacial score (nSPS) is 14.0. The average Bonchev–Trinajstić information content (AvgIpc) is 2.65. The van der Waals surface area contributed by atoms with Gasteiger partial charge in [0, 0.05) is 24.5 Å². The molecule has 0 heterocycles. The van der Waals surface area contributed by atoms with E-state index in [-0.39, 0.29) is 6.04 Å². The lowest BCUT2D eigenvalue weighted by Crippen LogP contribution is -2.44. The zero-order valence-electron chi connectivity index (χ0n) is 17.4. The van der Waals surface area contributed by atoms with Crippen molar-refractivity contribution in [1.82, 2.24) is 10.2 Å². The number of aliphatic hydroxyl groups is 1. The van der Waals surface area contributed by atoms with Gasteiger partial charge in [-0.05, 0) is 51.7 Å². The molecule has 0 aromatic heterocycles. The van der Waals surface area contributed by atoms with E-state index in [1.807, 2.05) is 39.8 Å². The molecule has 2 atom stereocenters. The lowest BCUT2D eigenvalue weighted by Gasteiger charge is -2.31. The summed E-state index contributed by atoms with van der Waals surface area (Å²) in [7, 11) is 0. The predicted molar refractivity (Wildman–Crippen MR) is 117 cm³/mol. The van der Waals surface area contributed by atoms with Gasteiger partial charge in [0.25, 0.3) is 0 Å². The van der Waals surface area contributed by atoms with Crippen molar-refractivity contribution in [3.63, 3.8) is 0 Å². The van der Waals surface area contributed by atoms with Gasteiger partial charge in [-0.2, -0.15) is 0 Å². The summed E-state index contributed by atoms with van der Waals surface area (Å²) in [4.78, 5) is 2.12. The summed E-state index contributed by atoms with van der Waals surface area (Å²) >= 11 is 0. The zero-order chi connectivity index (χ0) is 20.2. The predicted octanol–water partition coefficient (Wildman–Crippen LogP) is 4.83. The van der Waals surface area contributed by atoms with E-state index in [2.05, 4.69) is 59.8 Å². The molecule has 1 rings (SSSR count). The van der Waals surface area contributed by atoms with Gasteiger partial charge in [0.2, 0.25) is 0 Å². The Bertz CT molecular complexity index is 646. The van der Waals surface area contributed by atoms with Crippen LogP contribution in [-0.2, 0) is 6.42 Å². The number of hydrogen-bond donors (Lipinski definition) is 2. The maximum atomic E-state index is 10.7. The number of benzene rings is 1. The second-order valence-corrected chi connectivity index (χ2v) is 7.07. The molecule has 27 heavy (non-hydrogen) atoms. The number of aryl methyl sites for hydroxylation is 1. The smallest absolute Gasteiger partial charge is 0.0912 e. The molecule has 0 aliphatic carbocycles. The van der Waals surface area contributed by atoms with Crippen molar-refractivity contribution < 1.29 is 5.11 Å². The standard InChI is InChI=1S/C24H36N2O/c1-7-12-22(8-2)17-26(19(3)4)18-24(27)21(6)25-20(5)15-16-23-13-10-9-11-14-23/h7-14,21,24-25,27H,3,5,15-18H2,1-2,4,6H3/b12-7-,22-8+. The van der Waals surface area contributed by atoms with Crippen LogP contribution in [0.15, 0.2) is 78.7 Å². The van der Waals surface area contributed by atoms with Crippen LogP contribution in [0.3, 0.4) is 0 Å². The van der Waals surface area contributed by atoms with Crippen molar-refractivity contribution in [2.45, 2.75) is 52.7 Å². The van der Waals surface area contributed by atoms with Crippen LogP contribution in [0.4, 0.5) is 0 Å². The summed E-state index contributed by atoms with van der Waals surface area (Å²) < 4.78 is 0. The van der Waals surface area contributed by atoms with Crippen LogP contribution in [0.1, 0.15) is 39.7 Å². The second kappa shape index (κ2) is 12.2. The van der Waals surface area contributed by atoms with Gasteiger partial charge >= 0.3 is 0 Å². The second-order valence-electron chi connectivity index (χ2n) is 7.07. The molecule has 1 aromatic rings. The number of allylic oxidation sites excluding steroid dienone is 4. The van der Waals surface area contributed by atoms with E-state index >= 15 is 0 Å². The Morgan fingerprint density at radius 1 is 1.22 bits per heavy atom. The zero-order valence-corrected chi connectivity index (χ0v) is 17.4. The third-order valence-corrected chi connectivity index (χ3v) is 4.64. The fourth-order valence-electron chi connectivity index (χ4n) is 2.84. The van der Waals surface area contributed by atoms with Gasteiger partial charge in [-0.1, -0.05) is 61.7 Å². The maximum absolute atomic E-state index is 10.7. The topological polar surface area (TPSA) is 35.5 Å². The summed E-state index contributed by atoms with van der Waals surface area (Å²) in [6.45, 7) is 17.5. The summed E-state index contributed by atoms with van der Waals surface area (Å²) in [5.74, 6) is 0. The van der Waals surface area contributed by atoms with Crippen LogP contribution >= 0.6 is 0 Å². The first-order valence-corrected chi connectivity index (χ1v) is 9.72. The Kier molecular flexibility index (Phi) is 10.3. The van der Waals surface area contributed by atoms with E-state index in [0.717, 1.165) is 30.8 Å². The highest BCUT2D eigenvalue weighted by Crippen LogP contribution is 2.12. The molecule has 0 aliphatic rings. The first-order chi connectivity index (χ1) is 12.9. The first-order valence-electron chi connectivity index (χ1n) is 9.72. The lowest BCUT2D eigenvalue weighted by atomic mass is 10.1. The highest BCUT2D eigenvalue weighted by atomic mass is 16.3. The van der Waals surface area contributed by atoms with E-state index < -0.39 is 6.10 Å². The molecule has 1 aromatic carbocycles. The van der Waals surface area contributed by atoms with Crippen molar-refractivity contribution in [3.8, 4) is 0 Å². The van der Waals surface area contributed by atoms with Gasteiger partial charge < -0.3 is 15.3 Å². The number of nitrogens with one attached hydrogen (secondary N) is 1. The van der Waals surface area contributed by atoms with Crippen molar-refractivity contribution >= 4 is 0 Å². The molecule has 0 fully saturated rings. The summed E-state index contributed by atoms with van der Waals surface area (Å²) in [5, 5.41) is 14.0. The van der Waals surface area contributed by atoms with Crippen LogP contribution in [0, 0.1) is 0 Å². The Balaban J connectivity index is 2.53. The summed E-state index contributed by atoms with van der Waals surface area (Å²) in [5.41, 5.74) is 4.41. The molecule has 0 bridgehead atoms. The van der Waals surface area contributed by atoms with Gasteiger partial charge in [0.05, 0.1) is 12.1 Å². The Morgan fingerprint density at radius 2 is 1.89 bits per heavy atom. The molecule has 2 N–H and O–H groups in total. The van der Waals surface area contributed by atoms with Crippen LogP contribution in [0.25, 0.3) is 0 Å². The van der Waals surface area contributed by atoms with E-state index in [1.165, 1.54) is 11.1 Å². The minimum Gasteiger partial charge on any atom is -0.389 e. The van der Waals surface area contributed by atoms with Gasteiger partial charge in [0.15, 0.2) is 0 Å². The molecule has 2 unspecified atom stereocenters. The first kappa shape index (κ1) is 22.8. The third-order valence-electron chi connectivity index (χ3n) is 4.64. The Morgan fingerprint density at radius 3 is 2.44 bits per heavy atom. The van der Waals surface area contributed by atoms with Crippen LogP contribution < -0.4 is 5.32 Å². The summed E-state index contributed by atoms with van der Waals surface area (Å²) in [6.07, 6.45) is 7.50. The minimum atomic E-state index is -0.515. The molecule has 0 saturated carbocycles. The molecule has 0 spiro atoms. The minimum absolute atomic E-state index is 0.0779. The molecule has 3 nitrogen and oxygen atoms in total. The van der Waals surface area contributed by atoms with Gasteiger partial charge in [0.1, 0.15) is 0 Å². The quantitative estimate of drug-likeness (QED) is 0.519. The van der Waals surface area contributed by atoms with Crippen molar-refractivity contribution in [3.05, 3.63) is 84.2 Å². The van der Waals surface area contributed by atoms with Gasteiger partial charge in [-0.15, -0.1) is 0 Å². The van der Waals surface area contributed by atoms with E-state index in [4.69, 9.17) is 0 Å². The van der Waals surface area contributed by atoms with Crippen molar-refractivity contribution in [2.75, 3.05) is 13.1 Å². The SMILES string of the molecule is C=C(CCc1ccccc1)NC(C)C(O)CN(CC(/C=C\C)=C/C)C(=C)C. The molecule has 0 radical (unpaired) electrons. The van der Waals surface area contributed by atoms with Crippen molar-refractivity contribution in [1.29, 1.82) is 0 Å². The third kappa shape index (κ3) is 8.78. The summed E-state index contributed by atoms with van der Waals surface area (Å²) in [6, 6.07) is 10.3. The number of nitrogens with zero attached hydrogens (tertiary/aromatic N) is 1. The van der Waals surface area contributed by atoms with E-state index in [9.17, 15) is 5.11 Å². The fourth-order valence-corrected chi connectivity index (χ4v) is 2.84. The van der Waals surface area contributed by atoms with Gasteiger partial charge in [-0.25, -0.2) is 0 Å². The van der Waals surface area contributed by atoms with E-state index in [0.29, 0.717) is 6.54 Å². The monoisotopic (exact) mass is 368 g/mol. The molecule has 3 heteroatoms. The fraction of sp³-hybridized carbons (Fsp3) is 0.417. The lowest BCUT2D eigenvalue weighted by molar-refractivity contribution is 0.104. The molecule has 0 aliphatic heterocycles. The van der Waals surface area contributed by atoms with Crippen LogP contribution in [0.2, 0.25) is 0 Å². The number of hydrogen-bond acceptors (Lipinski definition) is 3. The molecule has 0 saturated heterocycles. The average molecular weight is 369 g/mol. The van der Waals surface area contributed by atoms with Crippen molar-refractivity contribution in [2.24, 2.45) is 0 Å². The largest absolute Gasteiger partial charge is 0.389 e. The molecular weight excluding hydrogens is 332 g/mol. The van der Waals surface area contributed by atoms with E-state index in [1.54, 1.807) is 0 Å². The molecular formula is C24H36N2O. The van der Waals surface area contributed by atoms with Crippen LogP contribution in [-0.4, -0.2) is 35.2 Å². The Labute approximate surface area is 165 Å². The molecule has 148 valence electrons. The Hall–Kier alpha value is -2.26. The van der Waals surface area contributed by atoms with Gasteiger partial charge in [-0.3, -0.25) is 0 Å². The molecule has 0 amide bonds. The number of rotatable bonds is 12. The highest BCUT2D eigenvalue weighted by molar-refractivity contribution is 5.20. The highest BCUT2D eigenvalue weighted by Gasteiger charge is 2.18. The number of aliphatic hydroxyl groups excluding tert-OH is 1. The van der Waals surface area contributed by atoms with Crippen LogP contribution in [0.5, 0.6) is 0 Å².